The van der Waals surface area contributed by atoms with Gasteiger partial charge in [-0.2, -0.15) is 0 Å². The van der Waals surface area contributed by atoms with E-state index in [1.165, 1.54) is 18.2 Å². The number of para-hydroxylation sites is 3. The monoisotopic (exact) mass is 344 g/mol. The van der Waals surface area contributed by atoms with Crippen molar-refractivity contribution in [1.82, 2.24) is 0 Å². The number of anilines is 1. The zero-order chi connectivity index (χ0) is 18.2. The van der Waals surface area contributed by atoms with Crippen molar-refractivity contribution in [3.63, 3.8) is 0 Å². The maximum absolute atomic E-state index is 11.8. The molecule has 130 valence electrons. The third-order valence-corrected chi connectivity index (χ3v) is 3.19. The molecular formula is C17H16N2O6. The molecule has 0 saturated heterocycles. The van der Waals surface area contributed by atoms with Gasteiger partial charge in [0.05, 0.1) is 4.92 Å². The van der Waals surface area contributed by atoms with E-state index < -0.39 is 30.0 Å². The fourth-order valence-corrected chi connectivity index (χ4v) is 1.95. The molecule has 0 heterocycles. The highest BCUT2D eigenvalue weighted by atomic mass is 16.6. The van der Waals surface area contributed by atoms with Crippen LogP contribution in [0.5, 0.6) is 5.75 Å². The molecule has 0 fully saturated rings. The van der Waals surface area contributed by atoms with Crippen molar-refractivity contribution in [2.24, 2.45) is 0 Å². The SMILES string of the molecule is Cc1ccccc1NC(=O)COC(=O)COc1ccccc1[N+](=O)[O-]. The van der Waals surface area contributed by atoms with E-state index in [9.17, 15) is 19.7 Å². The van der Waals surface area contributed by atoms with E-state index in [1.54, 1.807) is 18.2 Å². The second-order valence-corrected chi connectivity index (χ2v) is 5.04. The van der Waals surface area contributed by atoms with Crippen LogP contribution >= 0.6 is 0 Å². The van der Waals surface area contributed by atoms with Crippen molar-refractivity contribution in [1.29, 1.82) is 0 Å². The molecule has 0 aliphatic rings. The number of carbonyl (C=O) groups is 2. The minimum atomic E-state index is -0.807. The molecule has 0 bridgehead atoms. The van der Waals surface area contributed by atoms with E-state index >= 15 is 0 Å². The number of aryl methyl sites for hydroxylation is 1. The van der Waals surface area contributed by atoms with Crippen LogP contribution in [-0.4, -0.2) is 30.0 Å². The summed E-state index contributed by atoms with van der Waals surface area (Å²) < 4.78 is 9.87. The Balaban J connectivity index is 1.80. The van der Waals surface area contributed by atoms with Gasteiger partial charge in [0.25, 0.3) is 5.91 Å². The van der Waals surface area contributed by atoms with Gasteiger partial charge in [-0.3, -0.25) is 14.9 Å². The number of nitrogens with one attached hydrogen (secondary N) is 1. The quantitative estimate of drug-likeness (QED) is 0.469. The number of benzene rings is 2. The summed E-state index contributed by atoms with van der Waals surface area (Å²) in [5.74, 6) is -1.35. The molecule has 0 spiro atoms. The zero-order valence-electron chi connectivity index (χ0n) is 13.4. The van der Waals surface area contributed by atoms with Crippen molar-refractivity contribution >= 4 is 23.3 Å². The van der Waals surface area contributed by atoms with E-state index in [4.69, 9.17) is 9.47 Å². The second-order valence-electron chi connectivity index (χ2n) is 5.04. The molecule has 0 aromatic heterocycles. The minimum Gasteiger partial charge on any atom is -0.475 e. The number of ether oxygens (including phenoxy) is 2. The Labute approximate surface area is 143 Å². The molecule has 8 heteroatoms. The normalized spacial score (nSPS) is 9.96. The first-order chi connectivity index (χ1) is 12.0. The van der Waals surface area contributed by atoms with Gasteiger partial charge in [-0.25, -0.2) is 4.79 Å². The molecule has 1 amide bonds. The lowest BCUT2D eigenvalue weighted by molar-refractivity contribution is -0.385. The fraction of sp³-hybridized carbons (Fsp3) is 0.176. The van der Waals surface area contributed by atoms with Gasteiger partial charge in [-0.05, 0) is 24.6 Å². The fourth-order valence-electron chi connectivity index (χ4n) is 1.95. The highest BCUT2D eigenvalue weighted by molar-refractivity contribution is 5.93. The first kappa shape index (κ1) is 17.9. The van der Waals surface area contributed by atoms with Gasteiger partial charge in [0, 0.05) is 11.8 Å². The van der Waals surface area contributed by atoms with Crippen molar-refractivity contribution in [2.75, 3.05) is 18.5 Å². The maximum atomic E-state index is 11.8. The predicted molar refractivity (Wildman–Crippen MR) is 89.4 cm³/mol. The van der Waals surface area contributed by atoms with Gasteiger partial charge in [-0.15, -0.1) is 0 Å². The average Bonchev–Trinajstić information content (AvgIpc) is 2.60. The highest BCUT2D eigenvalue weighted by Crippen LogP contribution is 2.25. The van der Waals surface area contributed by atoms with E-state index in [0.717, 1.165) is 5.56 Å². The second kappa shape index (κ2) is 8.44. The average molecular weight is 344 g/mol. The molecular weight excluding hydrogens is 328 g/mol. The maximum Gasteiger partial charge on any atom is 0.344 e. The molecule has 2 rings (SSSR count). The minimum absolute atomic E-state index is 0.0474. The number of carbonyl (C=O) groups excluding carboxylic acids is 2. The summed E-state index contributed by atoms with van der Waals surface area (Å²) in [7, 11) is 0. The van der Waals surface area contributed by atoms with Crippen LogP contribution in [0.1, 0.15) is 5.56 Å². The number of nitrogens with zero attached hydrogens (tertiary/aromatic N) is 1. The van der Waals surface area contributed by atoms with Gasteiger partial charge in [-0.1, -0.05) is 30.3 Å². The number of rotatable bonds is 7. The summed E-state index contributed by atoms with van der Waals surface area (Å²) >= 11 is 0. The van der Waals surface area contributed by atoms with Crippen LogP contribution in [0.3, 0.4) is 0 Å². The summed E-state index contributed by atoms with van der Waals surface area (Å²) in [4.78, 5) is 33.6. The smallest absolute Gasteiger partial charge is 0.344 e. The van der Waals surface area contributed by atoms with Gasteiger partial charge in [0.2, 0.25) is 0 Å². The summed E-state index contributed by atoms with van der Waals surface area (Å²) in [6.45, 7) is 0.818. The number of nitro benzene ring substituents is 1. The van der Waals surface area contributed by atoms with Gasteiger partial charge in [0.1, 0.15) is 0 Å². The van der Waals surface area contributed by atoms with Crippen molar-refractivity contribution < 1.29 is 24.0 Å². The standard InChI is InChI=1S/C17H16N2O6/c1-12-6-2-3-7-13(12)18-16(20)10-25-17(21)11-24-15-9-5-4-8-14(15)19(22)23/h2-9H,10-11H2,1H3,(H,18,20). The van der Waals surface area contributed by atoms with Crippen LogP contribution in [0.2, 0.25) is 0 Å². The number of hydrogen-bond acceptors (Lipinski definition) is 6. The molecule has 0 radical (unpaired) electrons. The van der Waals surface area contributed by atoms with Crippen LogP contribution < -0.4 is 10.1 Å². The van der Waals surface area contributed by atoms with Crippen LogP contribution in [0.15, 0.2) is 48.5 Å². The first-order valence-electron chi connectivity index (χ1n) is 7.34. The molecule has 0 aliphatic carbocycles. The van der Waals surface area contributed by atoms with Crippen LogP contribution in [-0.2, 0) is 14.3 Å². The van der Waals surface area contributed by atoms with E-state index in [0.29, 0.717) is 5.69 Å². The van der Waals surface area contributed by atoms with Crippen LogP contribution in [0, 0.1) is 17.0 Å². The highest BCUT2D eigenvalue weighted by Gasteiger charge is 2.16. The number of hydrogen-bond donors (Lipinski definition) is 1. The molecule has 2 aromatic carbocycles. The third-order valence-electron chi connectivity index (χ3n) is 3.19. The van der Waals surface area contributed by atoms with E-state index in [2.05, 4.69) is 5.32 Å². The van der Waals surface area contributed by atoms with Gasteiger partial charge in [0.15, 0.2) is 19.0 Å². The van der Waals surface area contributed by atoms with Crippen molar-refractivity contribution in [3.8, 4) is 5.75 Å². The molecule has 25 heavy (non-hydrogen) atoms. The van der Waals surface area contributed by atoms with Crippen molar-refractivity contribution in [2.45, 2.75) is 6.92 Å². The Kier molecular flexibility index (Phi) is 6.05. The third kappa shape index (κ3) is 5.31. The van der Waals surface area contributed by atoms with Crippen LogP contribution in [0.4, 0.5) is 11.4 Å². The predicted octanol–water partition coefficient (Wildman–Crippen LogP) is 2.46. The molecule has 0 atom stereocenters. The topological polar surface area (TPSA) is 108 Å². The number of esters is 1. The summed E-state index contributed by atoms with van der Waals surface area (Å²) in [6.07, 6.45) is 0. The summed E-state index contributed by atoms with van der Waals surface area (Å²) in [6, 6.07) is 12.8. The van der Waals surface area contributed by atoms with Crippen LogP contribution in [0.25, 0.3) is 0 Å². The lowest BCUT2D eigenvalue weighted by Gasteiger charge is -2.09. The molecule has 8 nitrogen and oxygen atoms in total. The molecule has 0 unspecified atom stereocenters. The first-order valence-corrected chi connectivity index (χ1v) is 7.34. The van der Waals surface area contributed by atoms with Crippen molar-refractivity contribution in [3.05, 3.63) is 64.2 Å². The molecule has 1 N–H and O–H groups in total. The summed E-state index contributed by atoms with van der Waals surface area (Å²) in [5.41, 5.74) is 1.24. The molecule has 0 aliphatic heterocycles. The zero-order valence-corrected chi connectivity index (χ0v) is 13.4. The number of nitro groups is 1. The lowest BCUT2D eigenvalue weighted by atomic mass is 10.2. The molecule has 0 saturated carbocycles. The Hall–Kier alpha value is -3.42. The Bertz CT molecular complexity index is 790. The van der Waals surface area contributed by atoms with E-state index in [1.807, 2.05) is 19.1 Å². The van der Waals surface area contributed by atoms with Gasteiger partial charge < -0.3 is 14.8 Å². The summed E-state index contributed by atoms with van der Waals surface area (Å²) in [5, 5.41) is 13.5. The Morgan fingerprint density at radius 2 is 1.76 bits per heavy atom. The Morgan fingerprint density at radius 3 is 2.48 bits per heavy atom. The Morgan fingerprint density at radius 1 is 1.08 bits per heavy atom. The lowest BCUT2D eigenvalue weighted by Crippen LogP contribution is -2.24. The van der Waals surface area contributed by atoms with Gasteiger partial charge >= 0.3 is 11.7 Å². The largest absolute Gasteiger partial charge is 0.475 e. The molecule has 2 aromatic rings. The number of amides is 1. The van der Waals surface area contributed by atoms with E-state index in [-0.39, 0.29) is 11.4 Å².